The van der Waals surface area contributed by atoms with Crippen LogP contribution in [0.4, 0.5) is 4.39 Å². The number of benzene rings is 2. The summed E-state index contributed by atoms with van der Waals surface area (Å²) >= 11 is 5.88. The Morgan fingerprint density at radius 2 is 2.03 bits per heavy atom. The van der Waals surface area contributed by atoms with E-state index < -0.39 is 23.3 Å². The first-order chi connectivity index (χ1) is 14.3. The van der Waals surface area contributed by atoms with Gasteiger partial charge >= 0.3 is 5.97 Å². The van der Waals surface area contributed by atoms with Gasteiger partial charge in [0.15, 0.2) is 0 Å². The van der Waals surface area contributed by atoms with Crippen LogP contribution in [0.25, 0.3) is 16.7 Å². The maximum Gasteiger partial charge on any atom is 0.379 e. The third-order valence-electron chi connectivity index (χ3n) is 4.45. The van der Waals surface area contributed by atoms with Gasteiger partial charge in [0.05, 0.1) is 29.6 Å². The smallest absolute Gasteiger partial charge is 0.379 e. The van der Waals surface area contributed by atoms with Gasteiger partial charge in [0, 0.05) is 24.4 Å². The fourth-order valence-corrected chi connectivity index (χ4v) is 3.32. The molecule has 0 radical (unpaired) electrons. The summed E-state index contributed by atoms with van der Waals surface area (Å²) in [5.41, 5.74) is 1.74. The third kappa shape index (κ3) is 4.31. The highest BCUT2D eigenvalue weighted by Gasteiger charge is 2.19. The number of halogens is 2. The Hall–Kier alpha value is -3.32. The summed E-state index contributed by atoms with van der Waals surface area (Å²) < 4.78 is 25.3. The number of carbonyl (C=O) groups excluding carboxylic acids is 2. The Bertz CT molecular complexity index is 1150. The Kier molecular flexibility index (Phi) is 6.42. The Labute approximate surface area is 177 Å². The number of hydrogen-bond donors (Lipinski definition) is 1. The van der Waals surface area contributed by atoms with E-state index in [0.29, 0.717) is 28.8 Å². The Morgan fingerprint density at radius 3 is 2.70 bits per heavy atom. The second kappa shape index (κ2) is 9.00. The molecule has 0 saturated carbocycles. The zero-order valence-electron chi connectivity index (χ0n) is 16.3. The van der Waals surface area contributed by atoms with E-state index >= 15 is 0 Å². The highest BCUT2D eigenvalue weighted by atomic mass is 35.5. The molecule has 156 valence electrons. The summed E-state index contributed by atoms with van der Waals surface area (Å²) in [5.74, 6) is -2.48. The minimum atomic E-state index is -1.05. The molecule has 8 heteroatoms. The van der Waals surface area contributed by atoms with Crippen molar-refractivity contribution in [3.63, 3.8) is 0 Å². The van der Waals surface area contributed by atoms with Crippen LogP contribution in [0.1, 0.15) is 18.1 Å². The summed E-state index contributed by atoms with van der Waals surface area (Å²) in [7, 11) is 1.49. The van der Waals surface area contributed by atoms with Crippen molar-refractivity contribution in [2.45, 2.75) is 13.5 Å². The standard InChI is InChI=1S/C22H19ClFNO5/c1-3-30-22(28)19(27)10-18(26)14-12-25(11-13-7-8-16(24)15(23)9-13)17-5-4-6-20(29-2)21(14)17/h4-10,12,26H,3,11H2,1-2H3/b18-10-. The topological polar surface area (TPSA) is 77.8 Å². The van der Waals surface area contributed by atoms with E-state index in [1.165, 1.54) is 19.2 Å². The summed E-state index contributed by atoms with van der Waals surface area (Å²) in [6.07, 6.45) is 2.44. The molecule has 0 saturated heterocycles. The Balaban J connectivity index is 2.09. The van der Waals surface area contributed by atoms with Crippen molar-refractivity contribution in [3.05, 3.63) is 70.6 Å². The maximum atomic E-state index is 13.5. The molecule has 0 amide bonds. The van der Waals surface area contributed by atoms with E-state index in [0.717, 1.165) is 11.6 Å². The SMILES string of the molecule is CCOC(=O)C(=O)/C=C(\O)c1cn(Cc2ccc(F)c(Cl)c2)c2cccc(OC)c12. The van der Waals surface area contributed by atoms with E-state index in [9.17, 15) is 19.1 Å². The van der Waals surface area contributed by atoms with Gasteiger partial charge in [-0.15, -0.1) is 0 Å². The van der Waals surface area contributed by atoms with E-state index in [-0.39, 0.29) is 11.6 Å². The number of hydrogen-bond acceptors (Lipinski definition) is 5. The predicted octanol–water partition coefficient (Wildman–Crippen LogP) is 4.52. The van der Waals surface area contributed by atoms with Gasteiger partial charge in [-0.3, -0.25) is 4.79 Å². The molecule has 3 rings (SSSR count). The monoisotopic (exact) mass is 431 g/mol. The average Bonchev–Trinajstić information content (AvgIpc) is 3.09. The van der Waals surface area contributed by atoms with Gasteiger partial charge in [0.1, 0.15) is 17.3 Å². The Morgan fingerprint density at radius 1 is 1.27 bits per heavy atom. The molecule has 0 atom stereocenters. The van der Waals surface area contributed by atoms with Crippen LogP contribution in [-0.2, 0) is 20.9 Å². The van der Waals surface area contributed by atoms with Crippen molar-refractivity contribution < 1.29 is 28.6 Å². The van der Waals surface area contributed by atoms with Crippen LogP contribution in [0.5, 0.6) is 5.75 Å². The van der Waals surface area contributed by atoms with Gasteiger partial charge in [0.2, 0.25) is 0 Å². The molecule has 0 aliphatic heterocycles. The number of ketones is 1. The van der Waals surface area contributed by atoms with Crippen LogP contribution in [0.2, 0.25) is 5.02 Å². The molecule has 0 aliphatic rings. The molecule has 1 heterocycles. The molecule has 30 heavy (non-hydrogen) atoms. The first kappa shape index (κ1) is 21.4. The lowest BCUT2D eigenvalue weighted by Gasteiger charge is -2.08. The molecule has 3 aromatic rings. The van der Waals surface area contributed by atoms with Crippen LogP contribution < -0.4 is 4.74 Å². The predicted molar refractivity (Wildman–Crippen MR) is 111 cm³/mol. The number of aliphatic hydroxyl groups is 1. The largest absolute Gasteiger partial charge is 0.507 e. The lowest BCUT2D eigenvalue weighted by molar-refractivity contribution is -0.151. The second-order valence-corrected chi connectivity index (χ2v) is 6.80. The molecule has 0 unspecified atom stereocenters. The van der Waals surface area contributed by atoms with Crippen molar-refractivity contribution >= 4 is 40.0 Å². The summed E-state index contributed by atoms with van der Waals surface area (Å²) in [6.45, 7) is 1.95. The molecule has 2 aromatic carbocycles. The van der Waals surface area contributed by atoms with Crippen LogP contribution >= 0.6 is 11.6 Å². The van der Waals surface area contributed by atoms with Gasteiger partial charge in [-0.1, -0.05) is 23.7 Å². The van der Waals surface area contributed by atoms with E-state index in [4.69, 9.17) is 16.3 Å². The molecule has 6 nitrogen and oxygen atoms in total. The van der Waals surface area contributed by atoms with Gasteiger partial charge < -0.3 is 19.1 Å². The fraction of sp³-hybridized carbons (Fsp3) is 0.182. The molecule has 0 aliphatic carbocycles. The molecule has 0 fully saturated rings. The van der Waals surface area contributed by atoms with Crippen LogP contribution in [0.15, 0.2) is 48.7 Å². The van der Waals surface area contributed by atoms with Crippen LogP contribution in [0, 0.1) is 5.82 Å². The highest BCUT2D eigenvalue weighted by Crippen LogP contribution is 2.34. The number of rotatable bonds is 7. The third-order valence-corrected chi connectivity index (χ3v) is 4.73. The number of esters is 1. The number of aliphatic hydroxyl groups excluding tert-OH is 1. The lowest BCUT2D eigenvalue weighted by atomic mass is 10.1. The quantitative estimate of drug-likeness (QED) is 0.257. The van der Waals surface area contributed by atoms with Crippen molar-refractivity contribution in [2.75, 3.05) is 13.7 Å². The average molecular weight is 432 g/mol. The van der Waals surface area contributed by atoms with Gasteiger partial charge in [0.25, 0.3) is 5.78 Å². The summed E-state index contributed by atoms with van der Waals surface area (Å²) in [5, 5.41) is 11.1. The van der Waals surface area contributed by atoms with Crippen molar-refractivity contribution in [1.82, 2.24) is 4.57 Å². The van der Waals surface area contributed by atoms with Crippen LogP contribution in [-0.4, -0.2) is 35.1 Å². The zero-order valence-corrected chi connectivity index (χ0v) is 17.1. The van der Waals surface area contributed by atoms with Crippen molar-refractivity contribution in [2.24, 2.45) is 0 Å². The number of aromatic nitrogens is 1. The minimum Gasteiger partial charge on any atom is -0.507 e. The minimum absolute atomic E-state index is 0.00421. The number of ether oxygens (including phenoxy) is 2. The molecule has 0 spiro atoms. The fourth-order valence-electron chi connectivity index (χ4n) is 3.11. The number of carbonyl (C=O) groups is 2. The molecule has 0 bridgehead atoms. The zero-order chi connectivity index (χ0) is 21.8. The maximum absolute atomic E-state index is 13.5. The molecular weight excluding hydrogens is 413 g/mol. The molecule has 1 aromatic heterocycles. The van der Waals surface area contributed by atoms with Gasteiger partial charge in [-0.2, -0.15) is 0 Å². The normalized spacial score (nSPS) is 11.5. The van der Waals surface area contributed by atoms with Crippen LogP contribution in [0.3, 0.4) is 0 Å². The van der Waals surface area contributed by atoms with E-state index in [2.05, 4.69) is 4.74 Å². The molecule has 1 N–H and O–H groups in total. The summed E-state index contributed by atoms with van der Waals surface area (Å²) in [6, 6.07) is 9.71. The number of fused-ring (bicyclic) bond motifs is 1. The lowest BCUT2D eigenvalue weighted by Crippen LogP contribution is -2.15. The first-order valence-electron chi connectivity index (χ1n) is 9.07. The second-order valence-electron chi connectivity index (χ2n) is 6.39. The highest BCUT2D eigenvalue weighted by molar-refractivity contribution is 6.39. The van der Waals surface area contributed by atoms with Crippen molar-refractivity contribution in [1.29, 1.82) is 0 Å². The van der Waals surface area contributed by atoms with Gasteiger partial charge in [-0.05, 0) is 36.8 Å². The first-order valence-corrected chi connectivity index (χ1v) is 9.45. The van der Waals surface area contributed by atoms with Gasteiger partial charge in [-0.25, -0.2) is 9.18 Å². The molecular formula is C22H19ClFNO5. The summed E-state index contributed by atoms with van der Waals surface area (Å²) in [4.78, 5) is 23.6. The number of nitrogens with zero attached hydrogens (tertiary/aromatic N) is 1. The van der Waals surface area contributed by atoms with E-state index in [1.807, 2.05) is 6.07 Å². The van der Waals surface area contributed by atoms with Crippen molar-refractivity contribution in [3.8, 4) is 5.75 Å². The van der Waals surface area contributed by atoms with E-state index in [1.54, 1.807) is 35.9 Å². The number of methoxy groups -OCH3 is 1.